The fourth-order valence-corrected chi connectivity index (χ4v) is 7.13. The van der Waals surface area contributed by atoms with Gasteiger partial charge in [-0.25, -0.2) is 9.79 Å². The van der Waals surface area contributed by atoms with Crippen LogP contribution in [0.4, 0.5) is 0 Å². The summed E-state index contributed by atoms with van der Waals surface area (Å²) in [6.07, 6.45) is 3.99. The van der Waals surface area contributed by atoms with E-state index >= 15 is 0 Å². The van der Waals surface area contributed by atoms with Crippen molar-refractivity contribution < 1.29 is 14.3 Å². The van der Waals surface area contributed by atoms with Gasteiger partial charge in [0, 0.05) is 39.8 Å². The molecule has 0 saturated carbocycles. The average Bonchev–Trinajstić information content (AvgIpc) is 3.61. The molecule has 2 aromatic heterocycles. The Morgan fingerprint density at radius 1 is 0.979 bits per heavy atom. The summed E-state index contributed by atoms with van der Waals surface area (Å²) in [5.74, 6) is 0.0852. The van der Waals surface area contributed by atoms with E-state index in [0.29, 0.717) is 43.5 Å². The Labute approximate surface area is 279 Å². The lowest BCUT2D eigenvalue weighted by molar-refractivity contribution is -0.138. The predicted octanol–water partition coefficient (Wildman–Crippen LogP) is 6.60. The number of nitrogens with zero attached hydrogens (tertiary/aromatic N) is 3. The highest BCUT2D eigenvalue weighted by Gasteiger charge is 2.35. The first-order valence-corrected chi connectivity index (χ1v) is 16.4. The average molecular weight is 660 g/mol. The van der Waals surface area contributed by atoms with Crippen LogP contribution in [0.15, 0.2) is 125 Å². The van der Waals surface area contributed by atoms with E-state index in [1.165, 1.54) is 11.3 Å². The molecule has 7 rings (SSSR count). The molecule has 1 aliphatic rings. The third-order valence-electron chi connectivity index (χ3n) is 8.16. The number of aromatic nitrogens is 2. The second-order valence-corrected chi connectivity index (χ2v) is 12.5. The van der Waals surface area contributed by atoms with Crippen LogP contribution in [-0.2, 0) is 16.1 Å². The summed E-state index contributed by atoms with van der Waals surface area (Å²) in [5.41, 5.74) is 5.06. The number of benzene rings is 4. The van der Waals surface area contributed by atoms with Gasteiger partial charge < -0.3 is 14.0 Å². The van der Waals surface area contributed by atoms with Gasteiger partial charge in [0.2, 0.25) is 0 Å². The number of hydrogen-bond donors (Lipinski definition) is 0. The lowest BCUT2D eigenvalue weighted by Crippen LogP contribution is -2.40. The predicted molar refractivity (Wildman–Crippen MR) is 187 cm³/mol. The van der Waals surface area contributed by atoms with E-state index in [1.807, 2.05) is 97.1 Å². The molecule has 7 nitrogen and oxygen atoms in total. The normalized spacial score (nSPS) is 14.6. The van der Waals surface area contributed by atoms with Crippen LogP contribution >= 0.6 is 22.9 Å². The third-order valence-corrected chi connectivity index (χ3v) is 9.39. The van der Waals surface area contributed by atoms with E-state index in [2.05, 4.69) is 22.9 Å². The van der Waals surface area contributed by atoms with Gasteiger partial charge in [0.05, 0.1) is 35.6 Å². The van der Waals surface area contributed by atoms with Crippen LogP contribution in [0.2, 0.25) is 5.02 Å². The zero-order valence-corrected chi connectivity index (χ0v) is 27.3. The summed E-state index contributed by atoms with van der Waals surface area (Å²) in [4.78, 5) is 33.7. The van der Waals surface area contributed by atoms with Crippen LogP contribution in [-0.4, -0.2) is 28.8 Å². The molecule has 47 heavy (non-hydrogen) atoms. The van der Waals surface area contributed by atoms with Crippen LogP contribution in [0.1, 0.15) is 35.2 Å². The van der Waals surface area contributed by atoms with Gasteiger partial charge in [-0.15, -0.1) is 0 Å². The maximum atomic E-state index is 14.4. The van der Waals surface area contributed by atoms with Crippen molar-refractivity contribution in [1.82, 2.24) is 9.13 Å². The Morgan fingerprint density at radius 2 is 1.74 bits per heavy atom. The molecule has 3 heterocycles. The Kier molecular flexibility index (Phi) is 8.37. The van der Waals surface area contributed by atoms with Crippen molar-refractivity contribution in [2.45, 2.75) is 19.5 Å². The van der Waals surface area contributed by atoms with E-state index < -0.39 is 12.0 Å². The molecule has 0 spiro atoms. The van der Waals surface area contributed by atoms with Gasteiger partial charge in [0.1, 0.15) is 5.75 Å². The molecule has 0 unspecified atom stereocenters. The zero-order valence-electron chi connectivity index (χ0n) is 25.7. The van der Waals surface area contributed by atoms with Gasteiger partial charge >= 0.3 is 5.97 Å². The number of para-hydroxylation sites is 1. The van der Waals surface area contributed by atoms with E-state index in [1.54, 1.807) is 18.6 Å². The highest BCUT2D eigenvalue weighted by Crippen LogP contribution is 2.36. The molecular formula is C38H30ClN3O4S. The van der Waals surface area contributed by atoms with Crippen LogP contribution in [0.25, 0.3) is 22.7 Å². The first kappa shape index (κ1) is 30.5. The fraction of sp³-hybridized carbons (Fsp3) is 0.132. The van der Waals surface area contributed by atoms with Crippen molar-refractivity contribution in [3.63, 3.8) is 0 Å². The zero-order chi connectivity index (χ0) is 32.5. The number of thiazole rings is 1. The number of halogens is 1. The number of hydrogen-bond acceptors (Lipinski definition) is 6. The van der Waals surface area contributed by atoms with Gasteiger partial charge in [-0.1, -0.05) is 95.7 Å². The summed E-state index contributed by atoms with van der Waals surface area (Å²) >= 11 is 7.43. The third kappa shape index (κ3) is 5.82. The van der Waals surface area contributed by atoms with E-state index in [-0.39, 0.29) is 12.2 Å². The maximum absolute atomic E-state index is 14.4. The van der Waals surface area contributed by atoms with E-state index in [9.17, 15) is 9.59 Å². The lowest BCUT2D eigenvalue weighted by atomic mass is 9.93. The molecule has 0 bridgehead atoms. The number of methoxy groups -OCH3 is 1. The minimum atomic E-state index is -0.788. The molecule has 0 N–H and O–H groups in total. The van der Waals surface area contributed by atoms with Gasteiger partial charge in [0.25, 0.3) is 5.56 Å². The van der Waals surface area contributed by atoms with Crippen LogP contribution in [0.3, 0.4) is 0 Å². The summed E-state index contributed by atoms with van der Waals surface area (Å²) in [5, 5.41) is 1.71. The fourth-order valence-electron chi connectivity index (χ4n) is 6.02. The maximum Gasteiger partial charge on any atom is 0.338 e. The summed E-state index contributed by atoms with van der Waals surface area (Å²) < 4.78 is 15.4. The summed E-state index contributed by atoms with van der Waals surface area (Å²) in [7, 11) is 1.59. The number of rotatable bonds is 8. The van der Waals surface area contributed by atoms with Crippen LogP contribution in [0, 0.1) is 0 Å². The topological polar surface area (TPSA) is 74.8 Å². The van der Waals surface area contributed by atoms with Crippen molar-refractivity contribution in [2.75, 3.05) is 13.7 Å². The molecule has 0 fully saturated rings. The molecule has 1 aliphatic heterocycles. The van der Waals surface area contributed by atoms with Crippen molar-refractivity contribution >= 4 is 51.6 Å². The molecule has 0 aliphatic carbocycles. The van der Waals surface area contributed by atoms with Crippen LogP contribution < -0.4 is 19.6 Å². The molecule has 0 amide bonds. The van der Waals surface area contributed by atoms with Gasteiger partial charge in [0.15, 0.2) is 4.80 Å². The monoisotopic (exact) mass is 659 g/mol. The molecule has 6 aromatic rings. The minimum absolute atomic E-state index is 0.180. The SMILES string of the molecule is CCOC(=O)C1=C(c2ccccc2)N=c2s/c(=C/c3cn(Cc4ccc(Cl)cc4)c4ccccc34)c(=O)n2[C@H]1c1cccc(OC)c1. The largest absolute Gasteiger partial charge is 0.497 e. The second kappa shape index (κ2) is 12.9. The van der Waals surface area contributed by atoms with Crippen molar-refractivity contribution in [3.05, 3.63) is 162 Å². The number of ether oxygens (including phenoxy) is 2. The van der Waals surface area contributed by atoms with Crippen molar-refractivity contribution in [3.8, 4) is 5.75 Å². The molecule has 0 saturated heterocycles. The summed E-state index contributed by atoms with van der Waals surface area (Å²) in [6.45, 7) is 2.59. The lowest BCUT2D eigenvalue weighted by Gasteiger charge is -2.26. The minimum Gasteiger partial charge on any atom is -0.497 e. The van der Waals surface area contributed by atoms with Crippen molar-refractivity contribution in [2.24, 2.45) is 4.99 Å². The number of carbonyl (C=O) groups excluding carboxylic acids is 1. The first-order valence-electron chi connectivity index (χ1n) is 15.2. The summed E-state index contributed by atoms with van der Waals surface area (Å²) in [6, 6.07) is 32.1. The van der Waals surface area contributed by atoms with Gasteiger partial charge in [-0.05, 0) is 54.5 Å². The standard InChI is InChI=1S/C38H30ClN3O4S/c1-3-46-37(44)33-34(25-10-5-4-6-11-25)40-38-42(35(33)26-12-9-13-29(20-26)45-2)36(43)32(47-38)21-27-23-41(31-15-8-7-14-30(27)31)22-24-16-18-28(39)19-17-24/h4-21,23,35H,3,22H2,1-2H3/b32-21+/t35-/m0/s1. The quantitative estimate of drug-likeness (QED) is 0.173. The molecule has 9 heteroatoms. The van der Waals surface area contributed by atoms with Crippen LogP contribution in [0.5, 0.6) is 5.75 Å². The number of carbonyl (C=O) groups is 1. The number of fused-ring (bicyclic) bond motifs is 2. The van der Waals surface area contributed by atoms with Crippen molar-refractivity contribution in [1.29, 1.82) is 0 Å². The second-order valence-electron chi connectivity index (χ2n) is 11.1. The number of esters is 1. The van der Waals surface area contributed by atoms with Gasteiger partial charge in [-0.2, -0.15) is 0 Å². The smallest absolute Gasteiger partial charge is 0.338 e. The Balaban J connectivity index is 1.45. The molecular weight excluding hydrogens is 630 g/mol. The highest BCUT2D eigenvalue weighted by molar-refractivity contribution is 7.07. The first-order chi connectivity index (χ1) is 22.9. The molecule has 4 aromatic carbocycles. The molecule has 0 radical (unpaired) electrons. The van der Waals surface area contributed by atoms with E-state index in [4.69, 9.17) is 26.1 Å². The van der Waals surface area contributed by atoms with Gasteiger partial charge in [-0.3, -0.25) is 9.36 Å². The Hall–Kier alpha value is -5.18. The van der Waals surface area contributed by atoms with E-state index in [0.717, 1.165) is 27.6 Å². The highest BCUT2D eigenvalue weighted by atomic mass is 35.5. The molecule has 1 atom stereocenters. The Bertz CT molecular complexity index is 2340. The molecule has 234 valence electrons. The Morgan fingerprint density at radius 3 is 2.51 bits per heavy atom.